The van der Waals surface area contributed by atoms with Crippen molar-refractivity contribution in [2.75, 3.05) is 5.32 Å². The van der Waals surface area contributed by atoms with E-state index in [2.05, 4.69) is 10.3 Å². The third-order valence-electron chi connectivity index (χ3n) is 3.34. The van der Waals surface area contributed by atoms with E-state index in [4.69, 9.17) is 0 Å². The lowest BCUT2D eigenvalue weighted by Gasteiger charge is -2.08. The van der Waals surface area contributed by atoms with Crippen LogP contribution in [0.5, 0.6) is 0 Å². The van der Waals surface area contributed by atoms with Gasteiger partial charge in [0.1, 0.15) is 10.8 Å². The van der Waals surface area contributed by atoms with Gasteiger partial charge in [0.05, 0.1) is 10.5 Å². The van der Waals surface area contributed by atoms with Crippen LogP contribution in [0.15, 0.2) is 76.8 Å². The minimum absolute atomic E-state index is 0.141. The maximum Gasteiger partial charge on any atom is 0.272 e. The Morgan fingerprint density at radius 1 is 1.12 bits per heavy atom. The molecule has 0 saturated carbocycles. The SMILES string of the molecule is O=C(Nc1cc(Sc2ccccn2)cc([N+](=O)[O-])c1)c1ccccc1F. The van der Waals surface area contributed by atoms with Gasteiger partial charge >= 0.3 is 0 Å². The fraction of sp³-hybridized carbons (Fsp3) is 0. The van der Waals surface area contributed by atoms with Crippen LogP contribution in [0.1, 0.15) is 10.4 Å². The van der Waals surface area contributed by atoms with Crippen molar-refractivity contribution in [2.45, 2.75) is 9.92 Å². The Bertz CT molecular complexity index is 967. The van der Waals surface area contributed by atoms with Gasteiger partial charge in [-0.05, 0) is 30.3 Å². The zero-order valence-electron chi connectivity index (χ0n) is 13.3. The Balaban J connectivity index is 1.90. The highest BCUT2D eigenvalue weighted by atomic mass is 32.2. The van der Waals surface area contributed by atoms with E-state index in [1.807, 2.05) is 0 Å². The van der Waals surface area contributed by atoms with E-state index in [9.17, 15) is 19.3 Å². The zero-order chi connectivity index (χ0) is 18.5. The first kappa shape index (κ1) is 17.6. The van der Waals surface area contributed by atoms with Gasteiger partial charge in [0.15, 0.2) is 0 Å². The van der Waals surface area contributed by atoms with E-state index in [-0.39, 0.29) is 16.9 Å². The summed E-state index contributed by atoms with van der Waals surface area (Å²) in [7, 11) is 0. The number of carbonyl (C=O) groups excluding carboxylic acids is 1. The number of amides is 1. The summed E-state index contributed by atoms with van der Waals surface area (Å²) in [6.45, 7) is 0. The maximum atomic E-state index is 13.7. The number of nitro benzene ring substituents is 1. The van der Waals surface area contributed by atoms with Gasteiger partial charge in [0.2, 0.25) is 0 Å². The number of anilines is 1. The molecule has 1 heterocycles. The molecule has 0 spiro atoms. The molecule has 26 heavy (non-hydrogen) atoms. The van der Waals surface area contributed by atoms with Crippen LogP contribution in [0, 0.1) is 15.9 Å². The number of nitro groups is 1. The van der Waals surface area contributed by atoms with Crippen molar-refractivity contribution in [3.8, 4) is 0 Å². The summed E-state index contributed by atoms with van der Waals surface area (Å²) < 4.78 is 13.7. The van der Waals surface area contributed by atoms with Crippen LogP contribution in [0.3, 0.4) is 0 Å². The van der Waals surface area contributed by atoms with Gasteiger partial charge in [-0.15, -0.1) is 0 Å². The fourth-order valence-electron chi connectivity index (χ4n) is 2.19. The second-order valence-electron chi connectivity index (χ2n) is 5.18. The summed E-state index contributed by atoms with van der Waals surface area (Å²) in [4.78, 5) is 27.6. The average Bonchev–Trinajstić information content (AvgIpc) is 2.62. The van der Waals surface area contributed by atoms with Crippen LogP contribution in [0.4, 0.5) is 15.8 Å². The molecule has 1 aromatic heterocycles. The molecule has 0 saturated heterocycles. The molecular weight excluding hydrogens is 357 g/mol. The lowest BCUT2D eigenvalue weighted by Crippen LogP contribution is -2.13. The van der Waals surface area contributed by atoms with E-state index >= 15 is 0 Å². The molecule has 0 unspecified atom stereocenters. The molecule has 130 valence electrons. The number of pyridine rings is 1. The Labute approximate surface area is 152 Å². The Hall–Kier alpha value is -3.26. The molecule has 6 nitrogen and oxygen atoms in total. The molecule has 1 N–H and O–H groups in total. The molecule has 0 atom stereocenters. The lowest BCUT2D eigenvalue weighted by atomic mass is 10.2. The first-order chi connectivity index (χ1) is 12.5. The summed E-state index contributed by atoms with van der Waals surface area (Å²) in [5, 5.41) is 14.3. The molecule has 0 fully saturated rings. The standard InChI is InChI=1S/C18H12FN3O3S/c19-16-6-2-1-5-15(16)18(23)21-12-9-13(22(24)25)11-14(10-12)26-17-7-3-4-8-20-17/h1-11H,(H,21,23). The van der Waals surface area contributed by atoms with Gasteiger partial charge in [-0.2, -0.15) is 0 Å². The summed E-state index contributed by atoms with van der Waals surface area (Å²) in [5.41, 5.74) is -0.126. The Kier molecular flexibility index (Phi) is 5.23. The van der Waals surface area contributed by atoms with Crippen molar-refractivity contribution in [3.63, 3.8) is 0 Å². The minimum Gasteiger partial charge on any atom is -0.322 e. The Morgan fingerprint density at radius 3 is 2.58 bits per heavy atom. The van der Waals surface area contributed by atoms with Crippen molar-refractivity contribution < 1.29 is 14.1 Å². The molecule has 8 heteroatoms. The molecule has 0 bridgehead atoms. The van der Waals surface area contributed by atoms with Gasteiger partial charge in [-0.1, -0.05) is 30.0 Å². The number of nitrogens with zero attached hydrogens (tertiary/aromatic N) is 2. The largest absolute Gasteiger partial charge is 0.322 e. The predicted molar refractivity (Wildman–Crippen MR) is 95.8 cm³/mol. The lowest BCUT2D eigenvalue weighted by molar-refractivity contribution is -0.385. The van der Waals surface area contributed by atoms with Crippen LogP contribution in [0.25, 0.3) is 0 Å². The summed E-state index contributed by atoms with van der Waals surface area (Å²) >= 11 is 1.22. The fourth-order valence-corrected chi connectivity index (χ4v) is 3.06. The van der Waals surface area contributed by atoms with Crippen LogP contribution in [-0.2, 0) is 0 Å². The number of halogens is 1. The highest BCUT2D eigenvalue weighted by molar-refractivity contribution is 7.99. The monoisotopic (exact) mass is 369 g/mol. The highest BCUT2D eigenvalue weighted by Crippen LogP contribution is 2.32. The van der Waals surface area contributed by atoms with E-state index in [1.54, 1.807) is 30.5 Å². The van der Waals surface area contributed by atoms with Crippen molar-refractivity contribution in [2.24, 2.45) is 0 Å². The van der Waals surface area contributed by atoms with Crippen molar-refractivity contribution >= 4 is 29.0 Å². The molecule has 1 amide bonds. The summed E-state index contributed by atoms with van der Waals surface area (Å²) in [6, 6.07) is 15.0. The van der Waals surface area contributed by atoms with Crippen LogP contribution in [-0.4, -0.2) is 15.8 Å². The number of carbonyl (C=O) groups is 1. The Morgan fingerprint density at radius 2 is 1.88 bits per heavy atom. The van der Waals surface area contributed by atoms with E-state index in [0.717, 1.165) is 0 Å². The predicted octanol–water partition coefficient (Wildman–Crippen LogP) is 4.53. The van der Waals surface area contributed by atoms with Crippen molar-refractivity contribution in [3.05, 3.63) is 88.4 Å². The first-order valence-corrected chi connectivity index (χ1v) is 8.29. The molecule has 0 radical (unpaired) electrons. The third-order valence-corrected chi connectivity index (χ3v) is 4.26. The summed E-state index contributed by atoms with van der Waals surface area (Å²) in [5.74, 6) is -1.35. The molecule has 0 aliphatic carbocycles. The van der Waals surface area contributed by atoms with Crippen molar-refractivity contribution in [1.29, 1.82) is 0 Å². The average molecular weight is 369 g/mol. The van der Waals surface area contributed by atoms with E-state index in [0.29, 0.717) is 9.92 Å². The number of nitrogens with one attached hydrogen (secondary N) is 1. The molecule has 0 aliphatic rings. The van der Waals surface area contributed by atoms with E-state index < -0.39 is 16.6 Å². The maximum absolute atomic E-state index is 13.7. The number of rotatable bonds is 5. The third kappa shape index (κ3) is 4.22. The topological polar surface area (TPSA) is 85.1 Å². The molecule has 3 aromatic rings. The van der Waals surface area contributed by atoms with Crippen LogP contribution in [0.2, 0.25) is 0 Å². The molecule has 2 aromatic carbocycles. The van der Waals surface area contributed by atoms with Crippen molar-refractivity contribution in [1.82, 2.24) is 4.98 Å². The number of aromatic nitrogens is 1. The number of benzene rings is 2. The van der Waals surface area contributed by atoms with Gasteiger partial charge in [0.25, 0.3) is 11.6 Å². The second-order valence-corrected chi connectivity index (χ2v) is 6.27. The van der Waals surface area contributed by atoms with Crippen LogP contribution < -0.4 is 5.32 Å². The highest BCUT2D eigenvalue weighted by Gasteiger charge is 2.15. The molecule has 0 aliphatic heterocycles. The van der Waals surface area contributed by atoms with Gasteiger partial charge in [0, 0.05) is 28.9 Å². The zero-order valence-corrected chi connectivity index (χ0v) is 14.1. The minimum atomic E-state index is -0.683. The van der Waals surface area contributed by atoms with Gasteiger partial charge in [-0.3, -0.25) is 14.9 Å². The first-order valence-electron chi connectivity index (χ1n) is 7.47. The number of non-ortho nitro benzene ring substituents is 1. The van der Waals surface area contributed by atoms with Gasteiger partial charge < -0.3 is 5.32 Å². The molecule has 3 rings (SSSR count). The van der Waals surface area contributed by atoms with Crippen LogP contribution >= 0.6 is 11.8 Å². The molecular formula is C18H12FN3O3S. The number of hydrogen-bond acceptors (Lipinski definition) is 5. The van der Waals surface area contributed by atoms with E-state index in [1.165, 1.54) is 48.2 Å². The quantitative estimate of drug-likeness (QED) is 0.527. The normalized spacial score (nSPS) is 10.3. The smallest absolute Gasteiger partial charge is 0.272 e. The number of hydrogen-bond donors (Lipinski definition) is 1. The van der Waals surface area contributed by atoms with Gasteiger partial charge in [-0.25, -0.2) is 9.37 Å². The second kappa shape index (κ2) is 7.75. The summed E-state index contributed by atoms with van der Waals surface area (Å²) in [6.07, 6.45) is 1.61.